The van der Waals surface area contributed by atoms with Crippen molar-refractivity contribution in [3.63, 3.8) is 0 Å². The molecule has 0 fully saturated rings. The van der Waals surface area contributed by atoms with Crippen molar-refractivity contribution in [3.8, 4) is 28.4 Å². The maximum atomic E-state index is 12.4. The van der Waals surface area contributed by atoms with Gasteiger partial charge in [-0.2, -0.15) is 0 Å². The van der Waals surface area contributed by atoms with Crippen LogP contribution in [0.5, 0.6) is 17.2 Å². The van der Waals surface area contributed by atoms with E-state index in [9.17, 15) is 13.2 Å². The lowest BCUT2D eigenvalue weighted by Crippen LogP contribution is -2.32. The van der Waals surface area contributed by atoms with Crippen molar-refractivity contribution in [2.24, 2.45) is 0 Å². The summed E-state index contributed by atoms with van der Waals surface area (Å²) >= 11 is 0. The summed E-state index contributed by atoms with van der Waals surface area (Å²) in [5.74, 6) is -0.0230. The first-order valence-corrected chi connectivity index (χ1v) is 13.2. The summed E-state index contributed by atoms with van der Waals surface area (Å²) in [6, 6.07) is 18.8. The van der Waals surface area contributed by atoms with Crippen LogP contribution in [0.25, 0.3) is 11.1 Å². The molecule has 0 aliphatic heterocycles. The number of hydrogen-bond acceptors (Lipinski definition) is 7. The monoisotopic (exact) mass is 513 g/mol. The van der Waals surface area contributed by atoms with Crippen LogP contribution < -0.4 is 19.5 Å². The lowest BCUT2D eigenvalue weighted by atomic mass is 10.0. The fraction of sp³-hybridized carbons (Fsp3) is 0.296. The highest BCUT2D eigenvalue weighted by Crippen LogP contribution is 2.41. The number of carbonyl (C=O) groups is 1. The van der Waals surface area contributed by atoms with Gasteiger partial charge in [0.2, 0.25) is 11.7 Å². The van der Waals surface area contributed by atoms with Gasteiger partial charge in [-0.15, -0.1) is 0 Å². The molecule has 3 aromatic carbocycles. The van der Waals surface area contributed by atoms with Crippen LogP contribution in [-0.2, 0) is 27.0 Å². The molecule has 1 amide bonds. The van der Waals surface area contributed by atoms with E-state index in [1.807, 2.05) is 55.5 Å². The standard InChI is InChI=1S/C27H31NO7S/c1-19-4-6-20(7-5-19)16-35-25-15-23(14-24(33-2)27(25)34-3)22-10-8-21(9-11-22)17-36(31,32)18-26(30)28-12-13-29/h4-11,14-15,29H,12-13,16-18H2,1-3H3,(H,28,30). The van der Waals surface area contributed by atoms with E-state index in [1.165, 1.54) is 5.56 Å². The Morgan fingerprint density at radius 2 is 1.53 bits per heavy atom. The molecule has 0 aliphatic carbocycles. The number of amides is 1. The molecule has 0 aromatic heterocycles. The molecule has 0 unspecified atom stereocenters. The van der Waals surface area contributed by atoms with Crippen molar-refractivity contribution in [3.05, 3.63) is 77.4 Å². The Kier molecular flexibility index (Phi) is 9.32. The molecule has 0 atom stereocenters. The highest BCUT2D eigenvalue weighted by molar-refractivity contribution is 7.91. The molecule has 0 heterocycles. The first kappa shape index (κ1) is 27.0. The van der Waals surface area contributed by atoms with Crippen molar-refractivity contribution < 1.29 is 32.5 Å². The molecule has 0 saturated heterocycles. The average Bonchev–Trinajstić information content (AvgIpc) is 2.86. The third kappa shape index (κ3) is 7.47. The molecule has 0 radical (unpaired) electrons. The molecule has 2 N–H and O–H groups in total. The van der Waals surface area contributed by atoms with Crippen LogP contribution in [0.15, 0.2) is 60.7 Å². The van der Waals surface area contributed by atoms with Gasteiger partial charge in [-0.05, 0) is 41.3 Å². The molecule has 3 rings (SSSR count). The summed E-state index contributed by atoms with van der Waals surface area (Å²) < 4.78 is 41.9. The number of aliphatic hydroxyl groups is 1. The fourth-order valence-electron chi connectivity index (χ4n) is 3.59. The highest BCUT2D eigenvalue weighted by Gasteiger charge is 2.18. The van der Waals surface area contributed by atoms with E-state index in [-0.39, 0.29) is 18.9 Å². The fourth-order valence-corrected chi connectivity index (χ4v) is 4.90. The van der Waals surface area contributed by atoms with Crippen molar-refractivity contribution in [1.82, 2.24) is 5.32 Å². The first-order chi connectivity index (χ1) is 17.2. The van der Waals surface area contributed by atoms with Crippen LogP contribution in [0.3, 0.4) is 0 Å². The summed E-state index contributed by atoms with van der Waals surface area (Å²) in [6.07, 6.45) is 0. The van der Waals surface area contributed by atoms with E-state index >= 15 is 0 Å². The van der Waals surface area contributed by atoms with Gasteiger partial charge in [0.1, 0.15) is 12.4 Å². The maximum Gasteiger partial charge on any atom is 0.235 e. The number of nitrogens with one attached hydrogen (secondary N) is 1. The second kappa shape index (κ2) is 12.4. The van der Waals surface area contributed by atoms with E-state index in [0.29, 0.717) is 29.4 Å². The predicted molar refractivity (Wildman–Crippen MR) is 138 cm³/mol. The lowest BCUT2D eigenvalue weighted by molar-refractivity contribution is -0.118. The minimum atomic E-state index is -3.65. The number of carbonyl (C=O) groups excluding carboxylic acids is 1. The number of rotatable bonds is 12. The summed E-state index contributed by atoms with van der Waals surface area (Å²) in [4.78, 5) is 11.7. The smallest absolute Gasteiger partial charge is 0.235 e. The highest BCUT2D eigenvalue weighted by atomic mass is 32.2. The predicted octanol–water partition coefficient (Wildman–Crippen LogP) is 3.28. The van der Waals surface area contributed by atoms with Crippen LogP contribution in [0.2, 0.25) is 0 Å². The topological polar surface area (TPSA) is 111 Å². The Hall–Kier alpha value is -3.56. The molecule has 8 nitrogen and oxygen atoms in total. The molecule has 0 bridgehead atoms. The summed E-state index contributed by atoms with van der Waals surface area (Å²) in [7, 11) is -0.552. The van der Waals surface area contributed by atoms with Crippen molar-refractivity contribution in [1.29, 1.82) is 0 Å². The van der Waals surface area contributed by atoms with Crippen LogP contribution in [-0.4, -0.2) is 52.6 Å². The summed E-state index contributed by atoms with van der Waals surface area (Å²) in [5.41, 5.74) is 4.39. The minimum Gasteiger partial charge on any atom is -0.493 e. The van der Waals surface area contributed by atoms with Gasteiger partial charge in [-0.1, -0.05) is 54.1 Å². The van der Waals surface area contributed by atoms with E-state index in [4.69, 9.17) is 19.3 Å². The molecule has 36 heavy (non-hydrogen) atoms. The van der Waals surface area contributed by atoms with Gasteiger partial charge < -0.3 is 24.6 Å². The van der Waals surface area contributed by atoms with E-state index in [2.05, 4.69) is 5.32 Å². The number of benzene rings is 3. The van der Waals surface area contributed by atoms with E-state index < -0.39 is 21.5 Å². The molecule has 9 heteroatoms. The normalized spacial score (nSPS) is 11.1. The molecular weight excluding hydrogens is 482 g/mol. The van der Waals surface area contributed by atoms with Crippen molar-refractivity contribution in [2.75, 3.05) is 33.1 Å². The second-order valence-electron chi connectivity index (χ2n) is 8.29. The quantitative estimate of drug-likeness (QED) is 0.382. The van der Waals surface area contributed by atoms with Gasteiger partial charge in [0.25, 0.3) is 0 Å². The third-order valence-electron chi connectivity index (χ3n) is 5.42. The molecule has 192 valence electrons. The van der Waals surface area contributed by atoms with Gasteiger partial charge in [-0.3, -0.25) is 4.79 Å². The Labute approximate surface area is 211 Å². The van der Waals surface area contributed by atoms with Gasteiger partial charge in [0.15, 0.2) is 21.3 Å². The second-order valence-corrected chi connectivity index (χ2v) is 10.4. The third-order valence-corrected chi connectivity index (χ3v) is 6.89. The maximum absolute atomic E-state index is 12.4. The number of methoxy groups -OCH3 is 2. The van der Waals surface area contributed by atoms with Crippen molar-refractivity contribution in [2.45, 2.75) is 19.3 Å². The van der Waals surface area contributed by atoms with Crippen LogP contribution >= 0.6 is 0 Å². The Balaban J connectivity index is 1.79. The number of ether oxygens (including phenoxy) is 3. The largest absolute Gasteiger partial charge is 0.493 e. The molecule has 0 spiro atoms. The zero-order valence-corrected chi connectivity index (χ0v) is 21.4. The zero-order valence-electron chi connectivity index (χ0n) is 20.6. The summed E-state index contributed by atoms with van der Waals surface area (Å²) in [5, 5.41) is 11.1. The Morgan fingerprint density at radius 3 is 2.14 bits per heavy atom. The number of aryl methyl sites for hydroxylation is 1. The molecule has 3 aromatic rings. The van der Waals surface area contributed by atoms with E-state index in [0.717, 1.165) is 16.7 Å². The van der Waals surface area contributed by atoms with Gasteiger partial charge in [0, 0.05) is 6.54 Å². The van der Waals surface area contributed by atoms with E-state index in [1.54, 1.807) is 26.4 Å². The molecule has 0 aliphatic rings. The number of aliphatic hydroxyl groups excluding tert-OH is 1. The number of sulfone groups is 1. The van der Waals surface area contributed by atoms with Crippen LogP contribution in [0, 0.1) is 6.92 Å². The first-order valence-electron chi connectivity index (χ1n) is 11.4. The van der Waals surface area contributed by atoms with Crippen LogP contribution in [0.1, 0.15) is 16.7 Å². The number of hydrogen-bond donors (Lipinski definition) is 2. The Bertz CT molecular complexity index is 1270. The average molecular weight is 514 g/mol. The van der Waals surface area contributed by atoms with Gasteiger partial charge in [-0.25, -0.2) is 8.42 Å². The van der Waals surface area contributed by atoms with Crippen molar-refractivity contribution >= 4 is 15.7 Å². The van der Waals surface area contributed by atoms with Crippen LogP contribution in [0.4, 0.5) is 0 Å². The molecular formula is C27H31NO7S. The Morgan fingerprint density at radius 1 is 0.889 bits per heavy atom. The van der Waals surface area contributed by atoms with Gasteiger partial charge >= 0.3 is 0 Å². The summed E-state index contributed by atoms with van der Waals surface area (Å²) in [6.45, 7) is 2.15. The molecule has 0 saturated carbocycles. The SMILES string of the molecule is COc1cc(-c2ccc(CS(=O)(=O)CC(=O)NCCO)cc2)cc(OCc2ccc(C)cc2)c1OC. The minimum absolute atomic E-state index is 0.0189. The zero-order chi connectivity index (χ0) is 26.1. The lowest BCUT2D eigenvalue weighted by Gasteiger charge is -2.16. The van der Waals surface area contributed by atoms with Gasteiger partial charge in [0.05, 0.1) is 26.6 Å².